The van der Waals surface area contributed by atoms with Crippen LogP contribution in [0.25, 0.3) is 0 Å². The fraction of sp³-hybridized carbons (Fsp3) is 0.955. The first kappa shape index (κ1) is 33.3. The van der Waals surface area contributed by atoms with Crippen LogP contribution in [0.4, 0.5) is 0 Å². The van der Waals surface area contributed by atoms with Gasteiger partial charge in [-0.05, 0) is 19.4 Å². The van der Waals surface area contributed by atoms with E-state index in [9.17, 15) is 45.6 Å². The summed E-state index contributed by atoms with van der Waals surface area (Å²) in [5.41, 5.74) is 23.1. The van der Waals surface area contributed by atoms with Crippen molar-refractivity contribution in [3.05, 3.63) is 0 Å². The topological polar surface area (TPSA) is 332 Å². The maximum atomic E-state index is 12.6. The molecule has 1 amide bonds. The molecule has 0 spiro atoms. The molecule has 3 rings (SSSR count). The third kappa shape index (κ3) is 7.06. The van der Waals surface area contributed by atoms with Gasteiger partial charge in [-0.1, -0.05) is 0 Å². The first-order valence-corrected chi connectivity index (χ1v) is 13.1. The van der Waals surface area contributed by atoms with Gasteiger partial charge in [-0.25, -0.2) is 0 Å². The molecule has 3 aliphatic rings. The van der Waals surface area contributed by atoms with Crippen LogP contribution >= 0.6 is 0 Å². The third-order valence-corrected chi connectivity index (χ3v) is 7.51. The van der Waals surface area contributed by atoms with Gasteiger partial charge >= 0.3 is 0 Å². The predicted octanol–water partition coefficient (Wildman–Crippen LogP) is -8.42. The second kappa shape index (κ2) is 14.3. The number of amides is 1. The summed E-state index contributed by atoms with van der Waals surface area (Å²) >= 11 is 0. The number of rotatable bonds is 10. The van der Waals surface area contributed by atoms with Crippen LogP contribution in [-0.4, -0.2) is 164 Å². The normalized spacial score (nSPS) is 47.0. The number of nitrogens with two attached hydrogens (primary N) is 4. The molecular formula is C22H43N5O13. The van der Waals surface area contributed by atoms with Gasteiger partial charge in [0.05, 0.1) is 18.7 Å². The largest absolute Gasteiger partial charge is 0.394 e. The highest BCUT2D eigenvalue weighted by atomic mass is 16.7. The summed E-state index contributed by atoms with van der Waals surface area (Å²) in [7, 11) is 0. The van der Waals surface area contributed by atoms with Crippen LogP contribution in [-0.2, 0) is 23.7 Å². The molecular weight excluding hydrogens is 542 g/mol. The molecule has 0 bridgehead atoms. The van der Waals surface area contributed by atoms with Gasteiger partial charge in [0.25, 0.3) is 0 Å². The molecule has 1 saturated carbocycles. The Morgan fingerprint density at radius 3 is 2.05 bits per heavy atom. The molecule has 16 atom stereocenters. The van der Waals surface area contributed by atoms with E-state index >= 15 is 0 Å². The van der Waals surface area contributed by atoms with Gasteiger partial charge < -0.3 is 88.1 Å². The zero-order valence-electron chi connectivity index (χ0n) is 21.7. The van der Waals surface area contributed by atoms with E-state index in [0.717, 1.165) is 0 Å². The molecule has 2 saturated heterocycles. The molecule has 17 N–H and O–H groups in total. The molecule has 40 heavy (non-hydrogen) atoms. The lowest BCUT2D eigenvalue weighted by Gasteiger charge is -2.49. The quantitative estimate of drug-likeness (QED) is 0.113. The van der Waals surface area contributed by atoms with E-state index < -0.39 is 110 Å². The summed E-state index contributed by atoms with van der Waals surface area (Å²) in [5.74, 6) is -0.847. The van der Waals surface area contributed by atoms with Crippen molar-refractivity contribution in [2.75, 3.05) is 19.7 Å². The van der Waals surface area contributed by atoms with Crippen LogP contribution in [0.3, 0.4) is 0 Å². The third-order valence-electron chi connectivity index (χ3n) is 7.51. The number of carbonyl (C=O) groups excluding carboxylic acids is 1. The Labute approximate surface area is 229 Å². The Hall–Kier alpha value is -1.17. The lowest BCUT2D eigenvalue weighted by atomic mass is 9.83. The van der Waals surface area contributed by atoms with E-state index in [-0.39, 0.29) is 25.9 Å². The lowest BCUT2D eigenvalue weighted by molar-refractivity contribution is -0.332. The molecule has 0 aromatic carbocycles. The van der Waals surface area contributed by atoms with Crippen molar-refractivity contribution in [3.63, 3.8) is 0 Å². The van der Waals surface area contributed by atoms with Gasteiger partial charge in [0.15, 0.2) is 12.6 Å². The summed E-state index contributed by atoms with van der Waals surface area (Å²) in [5, 5.41) is 84.9. The first-order chi connectivity index (χ1) is 18.9. The average Bonchev–Trinajstić information content (AvgIpc) is 2.92. The van der Waals surface area contributed by atoms with Crippen molar-refractivity contribution in [2.45, 2.75) is 111 Å². The Balaban J connectivity index is 1.85. The van der Waals surface area contributed by atoms with Gasteiger partial charge in [0.2, 0.25) is 5.91 Å². The molecule has 3 fully saturated rings. The van der Waals surface area contributed by atoms with E-state index in [2.05, 4.69) is 5.32 Å². The van der Waals surface area contributed by atoms with Crippen LogP contribution in [0, 0.1) is 0 Å². The van der Waals surface area contributed by atoms with Crippen molar-refractivity contribution in [3.8, 4) is 0 Å². The highest BCUT2D eigenvalue weighted by Crippen LogP contribution is 2.32. The number of ether oxygens (including phenoxy) is 4. The van der Waals surface area contributed by atoms with Gasteiger partial charge in [-0.3, -0.25) is 4.79 Å². The molecule has 18 heteroatoms. The second-order valence-corrected chi connectivity index (χ2v) is 10.3. The zero-order valence-corrected chi connectivity index (χ0v) is 21.7. The van der Waals surface area contributed by atoms with Crippen molar-refractivity contribution < 1.29 is 64.6 Å². The Kier molecular flexibility index (Phi) is 11.9. The van der Waals surface area contributed by atoms with E-state index in [1.807, 2.05) is 0 Å². The predicted molar refractivity (Wildman–Crippen MR) is 131 cm³/mol. The SMILES string of the molecule is NCC[C@H](O)C(=O)N[C@H]1C[C@@H](N)[C@H](O[C@H]2O[C@H](CO)[C@@H](O)[C@H](N)[C@H]2O)[C@@H](O)[C@@H]1O[C@H]1O[C@H](CN)[C@@H](O)[C@H](O)[C@H]1O. The molecule has 0 aromatic heterocycles. The minimum atomic E-state index is -1.80. The van der Waals surface area contributed by atoms with Gasteiger partial charge in [-0.2, -0.15) is 0 Å². The van der Waals surface area contributed by atoms with Crippen LogP contribution < -0.4 is 28.3 Å². The fourth-order valence-electron chi connectivity index (χ4n) is 5.07. The summed E-state index contributed by atoms with van der Waals surface area (Å²) < 4.78 is 22.5. The average molecular weight is 586 g/mol. The summed E-state index contributed by atoms with van der Waals surface area (Å²) in [4.78, 5) is 12.6. The molecule has 0 aromatic rings. The first-order valence-electron chi connectivity index (χ1n) is 13.1. The van der Waals surface area contributed by atoms with Gasteiger partial charge in [0.1, 0.15) is 67.1 Å². The second-order valence-electron chi connectivity index (χ2n) is 10.3. The van der Waals surface area contributed by atoms with Crippen molar-refractivity contribution in [1.29, 1.82) is 0 Å². The summed E-state index contributed by atoms with van der Waals surface area (Å²) in [6.07, 6.45) is -19.9. The maximum Gasteiger partial charge on any atom is 0.249 e. The van der Waals surface area contributed by atoms with Gasteiger partial charge in [0, 0.05) is 12.6 Å². The molecule has 2 aliphatic heterocycles. The van der Waals surface area contributed by atoms with E-state index in [1.54, 1.807) is 0 Å². The Morgan fingerprint density at radius 2 is 1.45 bits per heavy atom. The smallest absolute Gasteiger partial charge is 0.249 e. The number of nitrogens with one attached hydrogen (secondary N) is 1. The van der Waals surface area contributed by atoms with Gasteiger partial charge in [-0.15, -0.1) is 0 Å². The number of carbonyl (C=O) groups is 1. The van der Waals surface area contributed by atoms with E-state index in [0.29, 0.717) is 0 Å². The zero-order chi connectivity index (χ0) is 29.9. The van der Waals surface area contributed by atoms with E-state index in [4.69, 9.17) is 41.9 Å². The highest BCUT2D eigenvalue weighted by Gasteiger charge is 2.52. The minimum absolute atomic E-state index is 0.00934. The molecule has 0 radical (unpaired) electrons. The standard InChI is InChI=1S/C22H43N5O13/c23-2-1-8(29)20(36)27-7-3-6(25)18(39-21-14(32)11(26)12(30)10(5-28)38-21)17(35)19(7)40-22-16(34)15(33)13(31)9(4-24)37-22/h6-19,21-22,28-35H,1-5,23-26H2,(H,27,36)/t6-,7+,8+,9-,10-,11+,12-,13-,14-,15+,16-,17-,18+,19-,21-,22-/m1/s1. The van der Waals surface area contributed by atoms with Crippen molar-refractivity contribution in [1.82, 2.24) is 5.32 Å². The lowest BCUT2D eigenvalue weighted by Crippen LogP contribution is -2.69. The highest BCUT2D eigenvalue weighted by molar-refractivity contribution is 5.80. The molecule has 2 heterocycles. The molecule has 18 nitrogen and oxygen atoms in total. The van der Waals surface area contributed by atoms with Crippen LogP contribution in [0.5, 0.6) is 0 Å². The summed E-state index contributed by atoms with van der Waals surface area (Å²) in [6, 6.07) is -3.42. The number of hydrogen-bond acceptors (Lipinski definition) is 17. The van der Waals surface area contributed by atoms with Crippen LogP contribution in [0.1, 0.15) is 12.8 Å². The molecule has 1 aliphatic carbocycles. The molecule has 0 unspecified atom stereocenters. The maximum absolute atomic E-state index is 12.6. The Morgan fingerprint density at radius 1 is 0.850 bits per heavy atom. The Bertz CT molecular complexity index is 815. The number of aliphatic hydroxyl groups excluding tert-OH is 8. The van der Waals surface area contributed by atoms with E-state index in [1.165, 1.54) is 0 Å². The van der Waals surface area contributed by atoms with Crippen LogP contribution in [0.2, 0.25) is 0 Å². The van der Waals surface area contributed by atoms with Crippen molar-refractivity contribution >= 4 is 5.91 Å². The number of hydrogen-bond donors (Lipinski definition) is 13. The fourth-order valence-corrected chi connectivity index (χ4v) is 5.07. The number of aliphatic hydroxyl groups is 8. The minimum Gasteiger partial charge on any atom is -0.394 e. The summed E-state index contributed by atoms with van der Waals surface area (Å²) in [6.45, 7) is -0.899. The van der Waals surface area contributed by atoms with Crippen LogP contribution in [0.15, 0.2) is 0 Å². The molecule has 234 valence electrons. The van der Waals surface area contributed by atoms with Crippen molar-refractivity contribution in [2.24, 2.45) is 22.9 Å². The monoisotopic (exact) mass is 585 g/mol.